The lowest BCUT2D eigenvalue weighted by Crippen LogP contribution is -2.44. The largest absolute Gasteiger partial charge is 0.320 e. The number of rotatable bonds is 6. The summed E-state index contributed by atoms with van der Waals surface area (Å²) in [5, 5.41) is 2.86. The molecule has 1 N–H and O–H groups in total. The van der Waals surface area contributed by atoms with Crippen LogP contribution in [0.4, 0.5) is 5.69 Å². The van der Waals surface area contributed by atoms with E-state index in [4.69, 9.17) is 0 Å². The van der Waals surface area contributed by atoms with E-state index in [-0.39, 0.29) is 17.7 Å². The molecule has 1 aromatic carbocycles. The van der Waals surface area contributed by atoms with Gasteiger partial charge in [0.1, 0.15) is 0 Å². The predicted molar refractivity (Wildman–Crippen MR) is 90.4 cm³/mol. The molecule has 23 heavy (non-hydrogen) atoms. The number of nitrogens with one attached hydrogen (secondary N) is 1. The fraction of sp³-hybridized carbons (Fsp3) is 0.316. The normalized spacial score (nSPS) is 11.8. The van der Waals surface area contributed by atoms with Gasteiger partial charge in [-0.3, -0.25) is 9.59 Å². The first-order valence-electron chi connectivity index (χ1n) is 7.92. The van der Waals surface area contributed by atoms with Gasteiger partial charge >= 0.3 is 0 Å². The van der Waals surface area contributed by atoms with Gasteiger partial charge in [-0.25, -0.2) is 0 Å². The smallest absolute Gasteiger partial charge is 0.293 e. The maximum absolute atomic E-state index is 12.4. The summed E-state index contributed by atoms with van der Waals surface area (Å²) in [6.07, 6.45) is 6.01. The monoisotopic (exact) mass is 311 g/mol. The van der Waals surface area contributed by atoms with Crippen molar-refractivity contribution in [1.29, 1.82) is 0 Å². The Kier molecular flexibility index (Phi) is 5.63. The lowest BCUT2D eigenvalue weighted by molar-refractivity contribution is -0.705. The number of amides is 1. The van der Waals surface area contributed by atoms with E-state index in [1.807, 2.05) is 36.0 Å². The molecular weight excluding hydrogens is 288 g/mol. The number of Topliss-reactive ketones (excluding diaryl/α,β-unsaturated/α-hetero) is 1. The Morgan fingerprint density at radius 3 is 2.48 bits per heavy atom. The van der Waals surface area contributed by atoms with Crippen LogP contribution in [-0.4, -0.2) is 11.7 Å². The van der Waals surface area contributed by atoms with Gasteiger partial charge in [0, 0.05) is 30.3 Å². The van der Waals surface area contributed by atoms with Crippen LogP contribution in [0, 0.1) is 0 Å². The van der Waals surface area contributed by atoms with Crippen molar-refractivity contribution in [2.75, 3.05) is 5.32 Å². The van der Waals surface area contributed by atoms with Crippen LogP contribution in [0.15, 0.2) is 48.8 Å². The third-order valence-corrected chi connectivity index (χ3v) is 3.82. The number of hydrogen-bond acceptors (Lipinski definition) is 2. The molecule has 1 aromatic heterocycles. The Hall–Kier alpha value is -2.49. The van der Waals surface area contributed by atoms with E-state index in [0.717, 1.165) is 12.8 Å². The van der Waals surface area contributed by atoms with Gasteiger partial charge in [0.05, 0.1) is 0 Å². The topological polar surface area (TPSA) is 50.0 Å². The molecule has 0 aliphatic rings. The molecule has 0 saturated carbocycles. The average Bonchev–Trinajstić information content (AvgIpc) is 2.55. The Labute approximate surface area is 137 Å². The number of ketones is 1. The molecule has 1 amide bonds. The molecule has 0 spiro atoms. The summed E-state index contributed by atoms with van der Waals surface area (Å²) in [6, 6.07) is 10.7. The predicted octanol–water partition coefficient (Wildman–Crippen LogP) is 3.33. The molecule has 4 heteroatoms. The number of hydrogen-bond donors (Lipinski definition) is 1. The summed E-state index contributed by atoms with van der Waals surface area (Å²) in [6.45, 7) is 5.51. The Balaban J connectivity index is 2.07. The van der Waals surface area contributed by atoms with Crippen LogP contribution >= 0.6 is 0 Å². The van der Waals surface area contributed by atoms with Crippen molar-refractivity contribution >= 4 is 17.4 Å². The Morgan fingerprint density at radius 1 is 1.17 bits per heavy atom. The number of carbonyl (C=O) groups is 2. The highest BCUT2D eigenvalue weighted by Gasteiger charge is 2.21. The molecule has 0 radical (unpaired) electrons. The van der Waals surface area contributed by atoms with Gasteiger partial charge in [0.25, 0.3) is 5.91 Å². The molecule has 2 rings (SSSR count). The van der Waals surface area contributed by atoms with Crippen LogP contribution in [0.25, 0.3) is 0 Å². The molecule has 0 fully saturated rings. The number of pyridine rings is 1. The highest BCUT2D eigenvalue weighted by Crippen LogP contribution is 2.12. The second-order valence-corrected chi connectivity index (χ2v) is 5.71. The molecule has 0 aliphatic heterocycles. The van der Waals surface area contributed by atoms with Crippen LogP contribution in [0.5, 0.6) is 0 Å². The zero-order valence-electron chi connectivity index (χ0n) is 13.9. The molecule has 0 saturated heterocycles. The van der Waals surface area contributed by atoms with Crippen molar-refractivity contribution < 1.29 is 14.2 Å². The summed E-state index contributed by atoms with van der Waals surface area (Å²) in [4.78, 5) is 23.8. The molecule has 0 bridgehead atoms. The number of benzene rings is 1. The van der Waals surface area contributed by atoms with Gasteiger partial charge in [-0.1, -0.05) is 25.5 Å². The average molecular weight is 311 g/mol. The lowest BCUT2D eigenvalue weighted by Gasteiger charge is -2.10. The van der Waals surface area contributed by atoms with Gasteiger partial charge in [-0.15, -0.1) is 0 Å². The lowest BCUT2D eigenvalue weighted by atomic mass is 10.1. The van der Waals surface area contributed by atoms with Crippen molar-refractivity contribution in [3.8, 4) is 0 Å². The number of aromatic nitrogens is 1. The van der Waals surface area contributed by atoms with Crippen molar-refractivity contribution in [3.63, 3.8) is 0 Å². The van der Waals surface area contributed by atoms with E-state index in [1.54, 1.807) is 24.3 Å². The number of aryl methyl sites for hydroxylation is 1. The number of nitrogens with zero attached hydrogens (tertiary/aromatic N) is 1. The summed E-state index contributed by atoms with van der Waals surface area (Å²) in [5.74, 6) is -0.131. The summed E-state index contributed by atoms with van der Waals surface area (Å²) >= 11 is 0. The second kappa shape index (κ2) is 7.68. The van der Waals surface area contributed by atoms with Gasteiger partial charge in [0.15, 0.2) is 18.2 Å². The maximum Gasteiger partial charge on any atom is 0.293 e. The van der Waals surface area contributed by atoms with Crippen molar-refractivity contribution in [2.45, 2.75) is 39.7 Å². The Morgan fingerprint density at radius 2 is 1.87 bits per heavy atom. The van der Waals surface area contributed by atoms with Gasteiger partial charge < -0.3 is 5.32 Å². The number of carbonyl (C=O) groups excluding carboxylic acids is 2. The summed E-state index contributed by atoms with van der Waals surface area (Å²) < 4.78 is 1.88. The third-order valence-electron chi connectivity index (χ3n) is 3.82. The van der Waals surface area contributed by atoms with E-state index in [1.165, 1.54) is 12.5 Å². The molecular formula is C19H23N2O2+. The standard InChI is InChI=1S/C19H22N2O2/c1-4-6-16-9-11-21(12-10-16)14(2)19(23)20-18-8-5-7-17(13-18)15(3)22/h5,7-14H,4,6H2,1-3H3/p+1/t14-/m1/s1. The Bertz CT molecular complexity index is 693. The van der Waals surface area contributed by atoms with Crippen LogP contribution in [0.2, 0.25) is 0 Å². The van der Waals surface area contributed by atoms with Gasteiger partial charge in [0.2, 0.25) is 6.04 Å². The van der Waals surface area contributed by atoms with E-state index in [9.17, 15) is 9.59 Å². The fourth-order valence-electron chi connectivity index (χ4n) is 2.38. The summed E-state index contributed by atoms with van der Waals surface area (Å²) in [7, 11) is 0. The third kappa shape index (κ3) is 4.49. The van der Waals surface area contributed by atoms with E-state index in [2.05, 4.69) is 12.2 Å². The SMILES string of the molecule is CCCc1cc[n+]([C@H](C)C(=O)Nc2cccc(C(C)=O)c2)cc1. The molecule has 1 atom stereocenters. The number of anilines is 1. The van der Waals surface area contributed by atoms with E-state index < -0.39 is 0 Å². The zero-order valence-corrected chi connectivity index (χ0v) is 13.9. The molecule has 1 heterocycles. The maximum atomic E-state index is 12.4. The second-order valence-electron chi connectivity index (χ2n) is 5.71. The zero-order chi connectivity index (χ0) is 16.8. The first-order valence-corrected chi connectivity index (χ1v) is 7.92. The van der Waals surface area contributed by atoms with Gasteiger partial charge in [-0.2, -0.15) is 4.57 Å². The first kappa shape index (κ1) is 16.9. The van der Waals surface area contributed by atoms with Crippen LogP contribution in [-0.2, 0) is 11.2 Å². The highest BCUT2D eigenvalue weighted by molar-refractivity contribution is 5.97. The van der Waals surface area contributed by atoms with Crippen LogP contribution in [0.3, 0.4) is 0 Å². The molecule has 2 aromatic rings. The first-order chi connectivity index (χ1) is 11.0. The minimum absolute atomic E-state index is 0.0185. The van der Waals surface area contributed by atoms with Crippen LogP contribution < -0.4 is 9.88 Å². The van der Waals surface area contributed by atoms with Crippen molar-refractivity contribution in [2.24, 2.45) is 0 Å². The molecule has 120 valence electrons. The minimum atomic E-state index is -0.327. The minimum Gasteiger partial charge on any atom is -0.320 e. The molecule has 0 aliphatic carbocycles. The highest BCUT2D eigenvalue weighted by atomic mass is 16.2. The van der Waals surface area contributed by atoms with E-state index in [0.29, 0.717) is 11.3 Å². The molecule has 0 unspecified atom stereocenters. The van der Waals surface area contributed by atoms with Crippen molar-refractivity contribution in [1.82, 2.24) is 0 Å². The summed E-state index contributed by atoms with van der Waals surface area (Å²) in [5.41, 5.74) is 2.50. The fourth-order valence-corrected chi connectivity index (χ4v) is 2.38. The van der Waals surface area contributed by atoms with Crippen LogP contribution in [0.1, 0.15) is 49.2 Å². The van der Waals surface area contributed by atoms with Gasteiger partial charge in [-0.05, 0) is 31.0 Å². The quantitative estimate of drug-likeness (QED) is 0.657. The molecule has 4 nitrogen and oxygen atoms in total. The van der Waals surface area contributed by atoms with E-state index >= 15 is 0 Å². The van der Waals surface area contributed by atoms with Crippen molar-refractivity contribution in [3.05, 3.63) is 59.9 Å².